The summed E-state index contributed by atoms with van der Waals surface area (Å²) in [5, 5.41) is 0. The molecule has 2 fully saturated rings. The van der Waals surface area contributed by atoms with Gasteiger partial charge in [-0.05, 0) is 55.5 Å². The maximum absolute atomic E-state index is 12.8. The van der Waals surface area contributed by atoms with Crippen LogP contribution in [0.4, 0.5) is 0 Å². The Hall–Kier alpha value is -1.80. The predicted molar refractivity (Wildman–Crippen MR) is 105 cm³/mol. The van der Waals surface area contributed by atoms with Gasteiger partial charge in [0.2, 0.25) is 10.0 Å². The molecule has 1 aromatic heterocycles. The van der Waals surface area contributed by atoms with E-state index in [1.54, 1.807) is 24.5 Å². The van der Waals surface area contributed by atoms with Crippen LogP contribution in [0.5, 0.6) is 0 Å². The lowest BCUT2D eigenvalue weighted by molar-refractivity contribution is -0.105. The molecule has 2 aliphatic heterocycles. The number of nitrogens with zero attached hydrogens (tertiary/aromatic N) is 2. The monoisotopic (exact) mass is 402 g/mol. The Bertz CT molecular complexity index is 894. The molecule has 28 heavy (non-hydrogen) atoms. The summed E-state index contributed by atoms with van der Waals surface area (Å²) in [5.74, 6) is 0.328. The van der Waals surface area contributed by atoms with Crippen LogP contribution < -0.4 is 0 Å². The average Bonchev–Trinajstić information content (AvgIpc) is 3.09. The SMILES string of the molecule is Cc1ccc(S(=O)(=O)N2CC3(C2)OCC[C@@H]3CCOCc2ccncc2)cc1. The quantitative estimate of drug-likeness (QED) is 0.666. The zero-order valence-corrected chi connectivity index (χ0v) is 16.9. The van der Waals surface area contributed by atoms with E-state index >= 15 is 0 Å². The number of pyridine rings is 1. The number of rotatable bonds is 7. The summed E-state index contributed by atoms with van der Waals surface area (Å²) in [5.41, 5.74) is 1.80. The molecular weight excluding hydrogens is 376 g/mol. The molecule has 2 aromatic rings. The summed E-state index contributed by atoms with van der Waals surface area (Å²) in [6, 6.07) is 10.9. The number of aromatic nitrogens is 1. The second-order valence-electron chi connectivity index (χ2n) is 7.68. The van der Waals surface area contributed by atoms with E-state index in [1.165, 1.54) is 4.31 Å². The summed E-state index contributed by atoms with van der Waals surface area (Å²) in [6.07, 6.45) is 5.35. The lowest BCUT2D eigenvalue weighted by Crippen LogP contribution is -2.65. The van der Waals surface area contributed by atoms with E-state index in [0.29, 0.717) is 43.7 Å². The Morgan fingerprint density at radius 2 is 1.89 bits per heavy atom. The molecule has 4 rings (SSSR count). The second kappa shape index (κ2) is 7.91. The molecule has 150 valence electrons. The van der Waals surface area contributed by atoms with Crippen molar-refractivity contribution in [1.29, 1.82) is 0 Å². The Kier molecular flexibility index (Phi) is 5.51. The van der Waals surface area contributed by atoms with Crippen LogP contribution in [0.3, 0.4) is 0 Å². The molecule has 0 unspecified atom stereocenters. The highest BCUT2D eigenvalue weighted by molar-refractivity contribution is 7.89. The van der Waals surface area contributed by atoms with Crippen molar-refractivity contribution in [1.82, 2.24) is 9.29 Å². The first-order chi connectivity index (χ1) is 13.5. The van der Waals surface area contributed by atoms with E-state index in [1.807, 2.05) is 31.2 Å². The molecule has 1 atom stereocenters. The molecular formula is C21H26N2O4S. The Morgan fingerprint density at radius 1 is 1.18 bits per heavy atom. The van der Waals surface area contributed by atoms with E-state index in [-0.39, 0.29) is 5.60 Å². The Balaban J connectivity index is 1.31. The Labute approximate surface area is 166 Å². The molecule has 0 bridgehead atoms. The molecule has 3 heterocycles. The highest BCUT2D eigenvalue weighted by atomic mass is 32.2. The molecule has 6 nitrogen and oxygen atoms in total. The molecule has 0 radical (unpaired) electrons. The predicted octanol–water partition coefficient (Wildman–Crippen LogP) is 2.78. The molecule has 0 saturated carbocycles. The first kappa shape index (κ1) is 19.5. The molecule has 2 aliphatic rings. The van der Waals surface area contributed by atoms with Gasteiger partial charge in [0.25, 0.3) is 0 Å². The van der Waals surface area contributed by atoms with Crippen LogP contribution in [0.2, 0.25) is 0 Å². The van der Waals surface area contributed by atoms with Crippen LogP contribution in [0.25, 0.3) is 0 Å². The number of hydrogen-bond donors (Lipinski definition) is 0. The molecule has 0 N–H and O–H groups in total. The van der Waals surface area contributed by atoms with E-state index in [2.05, 4.69) is 4.98 Å². The summed E-state index contributed by atoms with van der Waals surface area (Å²) in [4.78, 5) is 4.35. The normalized spacial score (nSPS) is 21.7. The lowest BCUT2D eigenvalue weighted by atomic mass is 9.80. The molecule has 0 amide bonds. The van der Waals surface area contributed by atoms with Crippen LogP contribution in [0.15, 0.2) is 53.7 Å². The van der Waals surface area contributed by atoms with Gasteiger partial charge in [0.15, 0.2) is 0 Å². The van der Waals surface area contributed by atoms with E-state index in [9.17, 15) is 8.42 Å². The van der Waals surface area contributed by atoms with Gasteiger partial charge in [-0.25, -0.2) is 8.42 Å². The fourth-order valence-corrected chi connectivity index (χ4v) is 5.57. The molecule has 7 heteroatoms. The number of hydrogen-bond acceptors (Lipinski definition) is 5. The average molecular weight is 403 g/mol. The number of benzene rings is 1. The first-order valence-electron chi connectivity index (χ1n) is 9.67. The van der Waals surface area contributed by atoms with Gasteiger partial charge in [-0.15, -0.1) is 0 Å². The number of sulfonamides is 1. The van der Waals surface area contributed by atoms with Crippen LogP contribution in [-0.2, 0) is 26.1 Å². The van der Waals surface area contributed by atoms with Crippen molar-refractivity contribution < 1.29 is 17.9 Å². The molecule has 1 aromatic carbocycles. The number of aryl methyl sites for hydroxylation is 1. The second-order valence-corrected chi connectivity index (χ2v) is 9.62. The van der Waals surface area contributed by atoms with Crippen molar-refractivity contribution in [3.05, 3.63) is 59.9 Å². The summed E-state index contributed by atoms with van der Waals surface area (Å²) in [6.45, 7) is 4.70. The maximum atomic E-state index is 12.8. The van der Waals surface area contributed by atoms with Crippen molar-refractivity contribution >= 4 is 10.0 Å². The van der Waals surface area contributed by atoms with E-state index in [4.69, 9.17) is 9.47 Å². The minimum absolute atomic E-state index is 0.328. The van der Waals surface area contributed by atoms with Crippen LogP contribution in [-0.4, -0.2) is 49.6 Å². The van der Waals surface area contributed by atoms with Crippen LogP contribution in [0.1, 0.15) is 24.0 Å². The summed E-state index contributed by atoms with van der Waals surface area (Å²) >= 11 is 0. The zero-order chi connectivity index (χ0) is 19.6. The fourth-order valence-electron chi connectivity index (χ4n) is 4.02. The third kappa shape index (κ3) is 3.85. The van der Waals surface area contributed by atoms with Gasteiger partial charge in [-0.2, -0.15) is 4.31 Å². The largest absolute Gasteiger partial charge is 0.377 e. The minimum Gasteiger partial charge on any atom is -0.377 e. The van der Waals surface area contributed by atoms with Gasteiger partial charge in [-0.3, -0.25) is 4.98 Å². The van der Waals surface area contributed by atoms with Gasteiger partial charge in [0.1, 0.15) is 0 Å². The van der Waals surface area contributed by atoms with Gasteiger partial charge >= 0.3 is 0 Å². The van der Waals surface area contributed by atoms with Crippen molar-refractivity contribution in [3.8, 4) is 0 Å². The van der Waals surface area contributed by atoms with Gasteiger partial charge < -0.3 is 9.47 Å². The van der Waals surface area contributed by atoms with E-state index < -0.39 is 10.0 Å². The van der Waals surface area contributed by atoms with Crippen molar-refractivity contribution in [2.75, 3.05) is 26.3 Å². The van der Waals surface area contributed by atoms with Crippen LogP contribution >= 0.6 is 0 Å². The summed E-state index contributed by atoms with van der Waals surface area (Å²) in [7, 11) is -3.45. The van der Waals surface area contributed by atoms with E-state index in [0.717, 1.165) is 24.0 Å². The maximum Gasteiger partial charge on any atom is 0.243 e. The van der Waals surface area contributed by atoms with Gasteiger partial charge in [-0.1, -0.05) is 17.7 Å². The third-order valence-corrected chi connectivity index (χ3v) is 7.58. The van der Waals surface area contributed by atoms with Crippen LogP contribution in [0, 0.1) is 12.8 Å². The Morgan fingerprint density at radius 3 is 2.61 bits per heavy atom. The molecule has 2 saturated heterocycles. The standard InChI is InChI=1S/C21H26N2O4S/c1-17-2-4-20(5-3-17)28(24,25)23-15-21(16-23)19(9-13-27-21)8-12-26-14-18-6-10-22-11-7-18/h2-7,10-11,19H,8-9,12-16H2,1H3/t19-/m0/s1. The topological polar surface area (TPSA) is 68.7 Å². The highest BCUT2D eigenvalue weighted by Gasteiger charge is 2.56. The lowest BCUT2D eigenvalue weighted by Gasteiger charge is -2.49. The van der Waals surface area contributed by atoms with Crippen molar-refractivity contribution in [3.63, 3.8) is 0 Å². The fraction of sp³-hybridized carbons (Fsp3) is 0.476. The number of ether oxygens (including phenoxy) is 2. The smallest absolute Gasteiger partial charge is 0.243 e. The molecule has 0 aliphatic carbocycles. The first-order valence-corrected chi connectivity index (χ1v) is 11.1. The third-order valence-electron chi connectivity index (χ3n) is 5.78. The minimum atomic E-state index is -3.45. The van der Waals surface area contributed by atoms with Gasteiger partial charge in [0.05, 0.1) is 17.1 Å². The van der Waals surface area contributed by atoms with Crippen molar-refractivity contribution in [2.45, 2.75) is 36.9 Å². The summed E-state index contributed by atoms with van der Waals surface area (Å²) < 4.78 is 39.0. The zero-order valence-electron chi connectivity index (χ0n) is 16.1. The van der Waals surface area contributed by atoms with Gasteiger partial charge in [0, 0.05) is 38.7 Å². The highest BCUT2D eigenvalue weighted by Crippen LogP contribution is 2.43. The van der Waals surface area contributed by atoms with Crippen molar-refractivity contribution in [2.24, 2.45) is 5.92 Å². The molecule has 1 spiro atoms.